The minimum absolute atomic E-state index is 0.210. The predicted octanol–water partition coefficient (Wildman–Crippen LogP) is 2.79. The van der Waals surface area contributed by atoms with Crippen molar-refractivity contribution in [2.24, 2.45) is 0 Å². The first-order chi connectivity index (χ1) is 8.65. The van der Waals surface area contributed by atoms with Gasteiger partial charge in [-0.1, -0.05) is 30.3 Å². The second-order valence-electron chi connectivity index (χ2n) is 4.12. The van der Waals surface area contributed by atoms with Gasteiger partial charge < -0.3 is 10.2 Å². The molecule has 0 fully saturated rings. The number of thiophene rings is 1. The predicted molar refractivity (Wildman–Crippen MR) is 71.7 cm³/mol. The Kier molecular flexibility index (Phi) is 4.12. The minimum atomic E-state index is -0.970. The molecule has 1 unspecified atom stereocenters. The maximum atomic E-state index is 10.5. The van der Waals surface area contributed by atoms with Crippen LogP contribution in [0.2, 0.25) is 0 Å². The van der Waals surface area contributed by atoms with E-state index in [9.17, 15) is 9.90 Å². The summed E-state index contributed by atoms with van der Waals surface area (Å²) in [7, 11) is 0. The molecule has 0 aliphatic carbocycles. The molecule has 2 rings (SSSR count). The Morgan fingerprint density at radius 2 is 1.94 bits per heavy atom. The zero-order chi connectivity index (χ0) is 13.0. The van der Waals surface area contributed by atoms with Crippen molar-refractivity contribution in [2.45, 2.75) is 18.9 Å². The Bertz CT molecular complexity index is 519. The smallest absolute Gasteiger partial charge is 0.305 e. The molecule has 1 aromatic heterocycles. The van der Waals surface area contributed by atoms with Crippen LogP contribution in [0.25, 0.3) is 11.1 Å². The Hall–Kier alpha value is -1.65. The summed E-state index contributed by atoms with van der Waals surface area (Å²) in [6.07, 6.45) is -0.632. The molecule has 0 aliphatic heterocycles. The van der Waals surface area contributed by atoms with Gasteiger partial charge in [0.15, 0.2) is 0 Å². The van der Waals surface area contributed by atoms with Crippen molar-refractivity contribution in [3.05, 3.63) is 46.7 Å². The summed E-state index contributed by atoms with van der Waals surface area (Å²) in [5, 5.41) is 20.2. The van der Waals surface area contributed by atoms with Gasteiger partial charge >= 0.3 is 5.97 Å². The van der Waals surface area contributed by atoms with Gasteiger partial charge in [0.2, 0.25) is 0 Å². The van der Waals surface area contributed by atoms with Gasteiger partial charge in [0, 0.05) is 11.3 Å². The van der Waals surface area contributed by atoms with Crippen LogP contribution in [0, 0.1) is 0 Å². The molecule has 0 spiro atoms. The van der Waals surface area contributed by atoms with E-state index in [1.807, 2.05) is 41.8 Å². The van der Waals surface area contributed by atoms with Crippen LogP contribution in [0.3, 0.4) is 0 Å². The number of carbonyl (C=O) groups is 1. The van der Waals surface area contributed by atoms with Crippen LogP contribution < -0.4 is 0 Å². The van der Waals surface area contributed by atoms with E-state index in [1.165, 1.54) is 0 Å². The first-order valence-electron chi connectivity index (χ1n) is 5.68. The topological polar surface area (TPSA) is 57.5 Å². The van der Waals surface area contributed by atoms with E-state index in [-0.39, 0.29) is 6.42 Å². The molecular formula is C14H14O3S. The van der Waals surface area contributed by atoms with Crippen LogP contribution in [-0.2, 0) is 11.2 Å². The maximum absolute atomic E-state index is 10.5. The van der Waals surface area contributed by atoms with E-state index >= 15 is 0 Å². The van der Waals surface area contributed by atoms with E-state index < -0.39 is 12.1 Å². The molecule has 0 amide bonds. The van der Waals surface area contributed by atoms with Gasteiger partial charge in [-0.2, -0.15) is 0 Å². The van der Waals surface area contributed by atoms with Crippen molar-refractivity contribution < 1.29 is 15.0 Å². The molecule has 2 N–H and O–H groups in total. The lowest BCUT2D eigenvalue weighted by Gasteiger charge is -2.04. The third kappa shape index (κ3) is 3.42. The summed E-state index contributed by atoms with van der Waals surface area (Å²) in [5.41, 5.74) is 2.24. The van der Waals surface area contributed by atoms with Gasteiger partial charge in [0.25, 0.3) is 0 Å². The summed E-state index contributed by atoms with van der Waals surface area (Å²) in [6.45, 7) is 0. The lowest BCUT2D eigenvalue weighted by Crippen LogP contribution is -2.14. The molecule has 0 radical (unpaired) electrons. The summed E-state index contributed by atoms with van der Waals surface area (Å²) < 4.78 is 0. The molecule has 1 aromatic carbocycles. The highest BCUT2D eigenvalue weighted by Crippen LogP contribution is 2.26. The third-order valence-electron chi connectivity index (χ3n) is 2.61. The minimum Gasteiger partial charge on any atom is -0.481 e. The zero-order valence-electron chi connectivity index (χ0n) is 9.74. The first-order valence-corrected chi connectivity index (χ1v) is 6.56. The van der Waals surface area contributed by atoms with Crippen LogP contribution in [0.15, 0.2) is 41.8 Å². The van der Waals surface area contributed by atoms with Crippen molar-refractivity contribution in [2.75, 3.05) is 0 Å². The highest BCUT2D eigenvalue weighted by Gasteiger charge is 2.12. The molecule has 0 aliphatic rings. The fraction of sp³-hybridized carbons (Fsp3) is 0.214. The Balaban J connectivity index is 2.05. The lowest BCUT2D eigenvalue weighted by atomic mass is 10.1. The standard InChI is InChI=1S/C14H14O3S/c15-12(8-14(16)17)7-13-6-11(9-18-13)10-4-2-1-3-5-10/h1-6,9,12,15H,7-8H2,(H,16,17). The van der Waals surface area contributed by atoms with Crippen LogP contribution in [-0.4, -0.2) is 22.3 Å². The van der Waals surface area contributed by atoms with Gasteiger partial charge in [-0.05, 0) is 22.6 Å². The second kappa shape index (κ2) is 5.80. The number of carboxylic acids is 1. The second-order valence-corrected chi connectivity index (χ2v) is 5.12. The molecule has 18 heavy (non-hydrogen) atoms. The first kappa shape index (κ1) is 12.8. The molecule has 94 valence electrons. The van der Waals surface area contributed by atoms with E-state index in [0.29, 0.717) is 6.42 Å². The van der Waals surface area contributed by atoms with E-state index in [2.05, 4.69) is 0 Å². The summed E-state index contributed by atoms with van der Waals surface area (Å²) in [4.78, 5) is 11.5. The summed E-state index contributed by atoms with van der Waals surface area (Å²) in [6, 6.07) is 12.0. The molecule has 0 saturated heterocycles. The Morgan fingerprint density at radius 1 is 1.22 bits per heavy atom. The van der Waals surface area contributed by atoms with Crippen LogP contribution in [0.4, 0.5) is 0 Å². The molecule has 2 aromatic rings. The molecular weight excluding hydrogens is 248 g/mol. The lowest BCUT2D eigenvalue weighted by molar-refractivity contribution is -0.139. The molecule has 4 heteroatoms. The monoisotopic (exact) mass is 262 g/mol. The number of hydrogen-bond acceptors (Lipinski definition) is 3. The highest BCUT2D eigenvalue weighted by molar-refractivity contribution is 7.10. The van der Waals surface area contributed by atoms with Crippen molar-refractivity contribution in [1.82, 2.24) is 0 Å². The average Bonchev–Trinajstić information content (AvgIpc) is 2.77. The maximum Gasteiger partial charge on any atom is 0.305 e. The van der Waals surface area contributed by atoms with Gasteiger partial charge in [-0.3, -0.25) is 4.79 Å². The number of aliphatic hydroxyl groups excluding tert-OH is 1. The number of benzene rings is 1. The highest BCUT2D eigenvalue weighted by atomic mass is 32.1. The van der Waals surface area contributed by atoms with Gasteiger partial charge in [-0.15, -0.1) is 11.3 Å². The van der Waals surface area contributed by atoms with Crippen LogP contribution >= 0.6 is 11.3 Å². The van der Waals surface area contributed by atoms with Crippen molar-refractivity contribution in [3.63, 3.8) is 0 Å². The van der Waals surface area contributed by atoms with Gasteiger partial charge in [0.1, 0.15) is 0 Å². The average molecular weight is 262 g/mol. The van der Waals surface area contributed by atoms with E-state index in [0.717, 1.165) is 16.0 Å². The number of aliphatic hydroxyl groups is 1. The molecule has 0 saturated carbocycles. The number of aliphatic carboxylic acids is 1. The third-order valence-corrected chi connectivity index (χ3v) is 3.57. The Morgan fingerprint density at radius 3 is 2.61 bits per heavy atom. The molecule has 3 nitrogen and oxygen atoms in total. The molecule has 1 heterocycles. The van der Waals surface area contributed by atoms with E-state index in [1.54, 1.807) is 11.3 Å². The zero-order valence-corrected chi connectivity index (χ0v) is 10.6. The summed E-state index contributed by atoms with van der Waals surface area (Å²) in [5.74, 6) is -0.970. The SMILES string of the molecule is O=C(O)CC(O)Cc1cc(-c2ccccc2)cs1. The number of carboxylic acid groups (broad SMARTS) is 1. The van der Waals surface area contributed by atoms with E-state index in [4.69, 9.17) is 5.11 Å². The van der Waals surface area contributed by atoms with Crippen molar-refractivity contribution in [1.29, 1.82) is 0 Å². The number of hydrogen-bond donors (Lipinski definition) is 2. The number of rotatable bonds is 5. The fourth-order valence-corrected chi connectivity index (χ4v) is 2.74. The molecule has 0 bridgehead atoms. The largest absolute Gasteiger partial charge is 0.481 e. The quantitative estimate of drug-likeness (QED) is 0.871. The van der Waals surface area contributed by atoms with Crippen molar-refractivity contribution >= 4 is 17.3 Å². The van der Waals surface area contributed by atoms with Crippen molar-refractivity contribution in [3.8, 4) is 11.1 Å². The molecule has 1 atom stereocenters. The fourth-order valence-electron chi connectivity index (χ4n) is 1.78. The summed E-state index contributed by atoms with van der Waals surface area (Å²) >= 11 is 1.55. The van der Waals surface area contributed by atoms with Gasteiger partial charge in [0.05, 0.1) is 12.5 Å². The van der Waals surface area contributed by atoms with Crippen LogP contribution in [0.5, 0.6) is 0 Å². The van der Waals surface area contributed by atoms with Gasteiger partial charge in [-0.25, -0.2) is 0 Å². The Labute approximate surface area is 109 Å². The van der Waals surface area contributed by atoms with Crippen LogP contribution in [0.1, 0.15) is 11.3 Å². The normalized spacial score (nSPS) is 12.3.